The molecule has 5 heteroatoms. The summed E-state index contributed by atoms with van der Waals surface area (Å²) in [6.07, 6.45) is 4.54. The summed E-state index contributed by atoms with van der Waals surface area (Å²) in [5.41, 5.74) is -0.868. The predicted octanol–water partition coefficient (Wildman–Crippen LogP) is 2.49. The van der Waals surface area contributed by atoms with Crippen molar-refractivity contribution in [3.05, 3.63) is 24.2 Å². The van der Waals surface area contributed by atoms with Gasteiger partial charge in [-0.1, -0.05) is 12.8 Å². The van der Waals surface area contributed by atoms with E-state index in [2.05, 4.69) is 5.32 Å². The summed E-state index contributed by atoms with van der Waals surface area (Å²) in [5, 5.41) is 12.1. The highest BCUT2D eigenvalue weighted by Crippen LogP contribution is 2.41. The summed E-state index contributed by atoms with van der Waals surface area (Å²) in [5.74, 6) is -0.414. The third-order valence-corrected chi connectivity index (χ3v) is 3.86. The quantitative estimate of drug-likeness (QED) is 0.857. The molecule has 2 rings (SSSR count). The van der Waals surface area contributed by atoms with Gasteiger partial charge in [0.15, 0.2) is 0 Å². The molecule has 0 aromatic carbocycles. The third-order valence-electron chi connectivity index (χ3n) is 3.86. The van der Waals surface area contributed by atoms with Crippen molar-refractivity contribution < 1.29 is 19.1 Å². The molecule has 19 heavy (non-hydrogen) atoms. The maximum atomic E-state index is 12.0. The molecule has 5 nitrogen and oxygen atoms in total. The fourth-order valence-corrected chi connectivity index (χ4v) is 2.73. The van der Waals surface area contributed by atoms with E-state index < -0.39 is 11.4 Å². The standard InChI is InChI=1S/C14H19NO4/c1-10(11-5-4-8-19-11)15-12(16)9-14(13(17)18)6-2-3-7-14/h4-5,8,10H,2-3,6-7,9H2,1H3,(H,15,16)(H,17,18)/t10-/m1/s1. The molecule has 1 fully saturated rings. The number of aliphatic carboxylic acids is 1. The Morgan fingerprint density at radius 2 is 2.16 bits per heavy atom. The van der Waals surface area contributed by atoms with Gasteiger partial charge in [0.25, 0.3) is 0 Å². The van der Waals surface area contributed by atoms with Gasteiger partial charge in [0.05, 0.1) is 17.7 Å². The Morgan fingerprint density at radius 1 is 1.47 bits per heavy atom. The van der Waals surface area contributed by atoms with E-state index in [0.29, 0.717) is 18.6 Å². The first-order valence-electron chi connectivity index (χ1n) is 6.60. The maximum Gasteiger partial charge on any atom is 0.310 e. The summed E-state index contributed by atoms with van der Waals surface area (Å²) in [6.45, 7) is 1.82. The van der Waals surface area contributed by atoms with Gasteiger partial charge in [-0.05, 0) is 31.9 Å². The van der Waals surface area contributed by atoms with Gasteiger partial charge >= 0.3 is 5.97 Å². The van der Waals surface area contributed by atoms with E-state index in [1.165, 1.54) is 0 Å². The van der Waals surface area contributed by atoms with Crippen LogP contribution in [0.2, 0.25) is 0 Å². The fourth-order valence-electron chi connectivity index (χ4n) is 2.73. The second kappa shape index (κ2) is 5.47. The van der Waals surface area contributed by atoms with E-state index in [4.69, 9.17) is 4.42 Å². The Kier molecular flexibility index (Phi) is 3.93. The van der Waals surface area contributed by atoms with Gasteiger partial charge in [-0.15, -0.1) is 0 Å². The summed E-state index contributed by atoms with van der Waals surface area (Å²) in [7, 11) is 0. The van der Waals surface area contributed by atoms with Crippen LogP contribution in [0, 0.1) is 5.41 Å². The highest BCUT2D eigenvalue weighted by Gasteiger charge is 2.43. The normalized spacial score (nSPS) is 19.0. The number of nitrogens with one attached hydrogen (secondary N) is 1. The molecule has 1 amide bonds. The smallest absolute Gasteiger partial charge is 0.310 e. The van der Waals surface area contributed by atoms with Crippen LogP contribution in [-0.4, -0.2) is 17.0 Å². The second-order valence-corrected chi connectivity index (χ2v) is 5.27. The lowest BCUT2D eigenvalue weighted by molar-refractivity contribution is -0.151. The monoisotopic (exact) mass is 265 g/mol. The molecule has 1 aromatic heterocycles. The van der Waals surface area contributed by atoms with Crippen LogP contribution < -0.4 is 5.32 Å². The molecule has 1 aromatic rings. The number of carbonyl (C=O) groups is 2. The van der Waals surface area contributed by atoms with E-state index in [1.54, 1.807) is 18.4 Å². The van der Waals surface area contributed by atoms with Crippen LogP contribution in [0.1, 0.15) is 50.8 Å². The Labute approximate surface area is 112 Å². The molecule has 0 saturated heterocycles. The van der Waals surface area contributed by atoms with Gasteiger partial charge in [-0.25, -0.2) is 0 Å². The zero-order valence-electron chi connectivity index (χ0n) is 11.0. The fraction of sp³-hybridized carbons (Fsp3) is 0.571. The van der Waals surface area contributed by atoms with Crippen molar-refractivity contribution in [2.45, 2.75) is 45.1 Å². The number of carboxylic acid groups (broad SMARTS) is 1. The van der Waals surface area contributed by atoms with Crippen LogP contribution in [0.5, 0.6) is 0 Å². The van der Waals surface area contributed by atoms with Crippen molar-refractivity contribution in [1.29, 1.82) is 0 Å². The number of amides is 1. The third kappa shape index (κ3) is 2.97. The van der Waals surface area contributed by atoms with E-state index >= 15 is 0 Å². The lowest BCUT2D eigenvalue weighted by Gasteiger charge is -2.23. The van der Waals surface area contributed by atoms with Crippen LogP contribution in [0.15, 0.2) is 22.8 Å². The minimum absolute atomic E-state index is 0.0490. The van der Waals surface area contributed by atoms with Crippen LogP contribution in [-0.2, 0) is 9.59 Å². The highest BCUT2D eigenvalue weighted by atomic mass is 16.4. The van der Waals surface area contributed by atoms with Gasteiger partial charge < -0.3 is 14.8 Å². The number of furan rings is 1. The first-order chi connectivity index (χ1) is 9.03. The lowest BCUT2D eigenvalue weighted by atomic mass is 9.82. The SMILES string of the molecule is C[C@@H](NC(=O)CC1(C(=O)O)CCCC1)c1ccco1. The number of carbonyl (C=O) groups excluding carboxylic acids is 1. The Balaban J connectivity index is 1.95. The van der Waals surface area contributed by atoms with Gasteiger partial charge in [-0.3, -0.25) is 9.59 Å². The topological polar surface area (TPSA) is 79.5 Å². The number of hydrogen-bond acceptors (Lipinski definition) is 3. The van der Waals surface area contributed by atoms with Gasteiger partial charge in [0.2, 0.25) is 5.91 Å². The molecule has 0 spiro atoms. The highest BCUT2D eigenvalue weighted by molar-refractivity contribution is 5.85. The molecule has 1 aliphatic carbocycles. The molecule has 1 heterocycles. The molecular formula is C14H19NO4. The molecular weight excluding hydrogens is 246 g/mol. The van der Waals surface area contributed by atoms with Crippen LogP contribution in [0.3, 0.4) is 0 Å². The van der Waals surface area contributed by atoms with Crippen LogP contribution in [0.4, 0.5) is 0 Å². The van der Waals surface area contributed by atoms with Crippen molar-refractivity contribution in [3.63, 3.8) is 0 Å². The molecule has 1 aliphatic rings. The van der Waals surface area contributed by atoms with E-state index in [1.807, 2.05) is 6.92 Å². The summed E-state index contributed by atoms with van der Waals surface area (Å²) in [6, 6.07) is 3.30. The van der Waals surface area contributed by atoms with Gasteiger partial charge in [-0.2, -0.15) is 0 Å². The molecule has 1 atom stereocenters. The Bertz CT molecular complexity index is 446. The molecule has 104 valence electrons. The molecule has 0 radical (unpaired) electrons. The zero-order chi connectivity index (χ0) is 13.9. The van der Waals surface area contributed by atoms with Crippen LogP contribution >= 0.6 is 0 Å². The Hall–Kier alpha value is -1.78. The Morgan fingerprint density at radius 3 is 2.68 bits per heavy atom. The maximum absolute atomic E-state index is 12.0. The van der Waals surface area contributed by atoms with E-state index in [9.17, 15) is 14.7 Å². The molecule has 0 aliphatic heterocycles. The largest absolute Gasteiger partial charge is 0.481 e. The molecule has 0 bridgehead atoms. The minimum atomic E-state index is -0.868. The second-order valence-electron chi connectivity index (χ2n) is 5.27. The van der Waals surface area contributed by atoms with Crippen molar-refractivity contribution in [1.82, 2.24) is 5.32 Å². The van der Waals surface area contributed by atoms with Crippen molar-refractivity contribution in [2.24, 2.45) is 5.41 Å². The molecule has 0 unspecified atom stereocenters. The van der Waals surface area contributed by atoms with Gasteiger partial charge in [0.1, 0.15) is 5.76 Å². The average Bonchev–Trinajstić information content (AvgIpc) is 2.99. The van der Waals surface area contributed by atoms with Gasteiger partial charge in [0, 0.05) is 6.42 Å². The molecule has 2 N–H and O–H groups in total. The summed E-state index contributed by atoms with van der Waals surface area (Å²) in [4.78, 5) is 23.4. The molecule has 1 saturated carbocycles. The first-order valence-corrected chi connectivity index (χ1v) is 6.60. The van der Waals surface area contributed by atoms with Crippen molar-refractivity contribution in [2.75, 3.05) is 0 Å². The summed E-state index contributed by atoms with van der Waals surface area (Å²) < 4.78 is 5.21. The van der Waals surface area contributed by atoms with Crippen molar-refractivity contribution in [3.8, 4) is 0 Å². The van der Waals surface area contributed by atoms with E-state index in [-0.39, 0.29) is 18.4 Å². The lowest BCUT2D eigenvalue weighted by Crippen LogP contribution is -2.36. The number of rotatable bonds is 5. The summed E-state index contributed by atoms with van der Waals surface area (Å²) >= 11 is 0. The number of carboxylic acids is 1. The minimum Gasteiger partial charge on any atom is -0.481 e. The predicted molar refractivity (Wildman–Crippen MR) is 68.4 cm³/mol. The average molecular weight is 265 g/mol. The zero-order valence-corrected chi connectivity index (χ0v) is 11.0. The first kappa shape index (κ1) is 13.6. The number of hydrogen-bond donors (Lipinski definition) is 2. The van der Waals surface area contributed by atoms with Crippen LogP contribution in [0.25, 0.3) is 0 Å². The van der Waals surface area contributed by atoms with Crippen molar-refractivity contribution >= 4 is 11.9 Å². The van der Waals surface area contributed by atoms with E-state index in [0.717, 1.165) is 12.8 Å².